The number of anilines is 2. The van der Waals surface area contributed by atoms with Crippen LogP contribution in [-0.2, 0) is 11.3 Å². The number of phenols is 1. The van der Waals surface area contributed by atoms with Gasteiger partial charge >= 0.3 is 0 Å². The maximum absolute atomic E-state index is 12.5. The summed E-state index contributed by atoms with van der Waals surface area (Å²) < 4.78 is 5.26. The van der Waals surface area contributed by atoms with Crippen molar-refractivity contribution < 1.29 is 14.6 Å². The zero-order valence-corrected chi connectivity index (χ0v) is 14.7. The number of carbonyl (C=O) groups is 1. The van der Waals surface area contributed by atoms with Gasteiger partial charge in [-0.2, -0.15) is 0 Å². The number of aromatic hydroxyl groups is 1. The van der Waals surface area contributed by atoms with E-state index in [0.717, 1.165) is 16.9 Å². The van der Waals surface area contributed by atoms with Crippen LogP contribution in [-0.4, -0.2) is 34.6 Å². The van der Waals surface area contributed by atoms with Gasteiger partial charge in [0.05, 0.1) is 32.1 Å². The smallest absolute Gasteiger partial charge is 0.247 e. The van der Waals surface area contributed by atoms with E-state index in [2.05, 4.69) is 15.3 Å². The average molecular weight is 378 g/mol. The van der Waals surface area contributed by atoms with Crippen LogP contribution in [0.25, 0.3) is 11.3 Å². The SMILES string of the molecule is C.COc1cccc(CN2C(=O)CNc3ncc(-c4ccc(O)cc4)nc32)c1. The summed E-state index contributed by atoms with van der Waals surface area (Å²) >= 11 is 0. The molecule has 2 aromatic carbocycles. The summed E-state index contributed by atoms with van der Waals surface area (Å²) in [4.78, 5) is 23.2. The number of fused-ring (bicyclic) bond motifs is 1. The normalized spacial score (nSPS) is 12.6. The molecule has 144 valence electrons. The monoisotopic (exact) mass is 378 g/mol. The Morgan fingerprint density at radius 3 is 2.75 bits per heavy atom. The molecule has 7 nitrogen and oxygen atoms in total. The molecule has 2 heterocycles. The second-order valence-corrected chi connectivity index (χ2v) is 6.16. The number of hydrogen-bond acceptors (Lipinski definition) is 6. The second-order valence-electron chi connectivity index (χ2n) is 6.16. The first-order chi connectivity index (χ1) is 13.1. The third-order valence-corrected chi connectivity index (χ3v) is 4.36. The largest absolute Gasteiger partial charge is 0.508 e. The second kappa shape index (κ2) is 7.96. The van der Waals surface area contributed by atoms with Gasteiger partial charge in [-0.05, 0) is 42.0 Å². The molecule has 1 aromatic heterocycles. The lowest BCUT2D eigenvalue weighted by atomic mass is 10.1. The molecule has 0 saturated heterocycles. The zero-order valence-electron chi connectivity index (χ0n) is 14.7. The Balaban J connectivity index is 0.00000225. The summed E-state index contributed by atoms with van der Waals surface area (Å²) in [5.41, 5.74) is 2.37. The molecule has 7 heteroatoms. The summed E-state index contributed by atoms with van der Waals surface area (Å²) in [7, 11) is 1.61. The summed E-state index contributed by atoms with van der Waals surface area (Å²) in [6.45, 7) is 0.544. The van der Waals surface area contributed by atoms with Gasteiger partial charge in [-0.15, -0.1) is 0 Å². The van der Waals surface area contributed by atoms with Crippen molar-refractivity contribution in [3.63, 3.8) is 0 Å². The predicted molar refractivity (Wildman–Crippen MR) is 109 cm³/mol. The first kappa shape index (κ1) is 19.2. The van der Waals surface area contributed by atoms with Crippen LogP contribution in [0.3, 0.4) is 0 Å². The van der Waals surface area contributed by atoms with E-state index in [1.165, 1.54) is 0 Å². The fourth-order valence-electron chi connectivity index (χ4n) is 2.95. The Bertz CT molecular complexity index is 989. The van der Waals surface area contributed by atoms with Gasteiger partial charge in [-0.25, -0.2) is 9.97 Å². The molecule has 28 heavy (non-hydrogen) atoms. The number of rotatable bonds is 4. The third kappa shape index (κ3) is 3.73. The number of carbonyl (C=O) groups excluding carboxylic acids is 1. The number of methoxy groups -OCH3 is 1. The van der Waals surface area contributed by atoms with Crippen LogP contribution < -0.4 is 15.0 Å². The lowest BCUT2D eigenvalue weighted by Crippen LogP contribution is -2.40. The van der Waals surface area contributed by atoms with Crippen LogP contribution in [0.2, 0.25) is 0 Å². The highest BCUT2D eigenvalue weighted by atomic mass is 16.5. The molecule has 0 radical (unpaired) electrons. The first-order valence-electron chi connectivity index (χ1n) is 8.47. The van der Waals surface area contributed by atoms with E-state index in [0.29, 0.717) is 23.9 Å². The Kier molecular flexibility index (Phi) is 5.44. The summed E-state index contributed by atoms with van der Waals surface area (Å²) in [6, 6.07) is 14.3. The van der Waals surface area contributed by atoms with Crippen LogP contribution in [0.15, 0.2) is 54.7 Å². The average Bonchev–Trinajstić information content (AvgIpc) is 2.70. The number of phenolic OH excluding ortho intramolecular Hbond substituents is 1. The van der Waals surface area contributed by atoms with Gasteiger partial charge in [0.15, 0.2) is 11.6 Å². The van der Waals surface area contributed by atoms with Crippen molar-refractivity contribution in [1.29, 1.82) is 0 Å². The maximum atomic E-state index is 12.5. The molecule has 4 rings (SSSR count). The number of nitrogens with zero attached hydrogens (tertiary/aromatic N) is 3. The van der Waals surface area contributed by atoms with Crippen LogP contribution >= 0.6 is 0 Å². The molecule has 3 aromatic rings. The Morgan fingerprint density at radius 1 is 1.21 bits per heavy atom. The molecular weight excluding hydrogens is 356 g/mol. The van der Waals surface area contributed by atoms with E-state index in [1.54, 1.807) is 42.5 Å². The third-order valence-electron chi connectivity index (χ3n) is 4.36. The predicted octanol–water partition coefficient (Wildman–Crippen LogP) is 3.45. The van der Waals surface area contributed by atoms with Crippen LogP contribution in [0.4, 0.5) is 11.6 Å². The first-order valence-corrected chi connectivity index (χ1v) is 8.47. The molecule has 0 saturated carbocycles. The van der Waals surface area contributed by atoms with Crippen molar-refractivity contribution in [2.24, 2.45) is 0 Å². The molecule has 0 fully saturated rings. The van der Waals surface area contributed by atoms with E-state index >= 15 is 0 Å². The highest BCUT2D eigenvalue weighted by Gasteiger charge is 2.27. The Labute approximate surface area is 163 Å². The molecule has 0 bridgehead atoms. The van der Waals surface area contributed by atoms with Crippen LogP contribution in [0.1, 0.15) is 13.0 Å². The minimum absolute atomic E-state index is 0. The molecule has 1 aliphatic heterocycles. The van der Waals surface area contributed by atoms with Gasteiger partial charge in [0.1, 0.15) is 11.5 Å². The van der Waals surface area contributed by atoms with E-state index in [9.17, 15) is 9.90 Å². The number of benzene rings is 2. The van der Waals surface area contributed by atoms with Crippen molar-refractivity contribution in [2.45, 2.75) is 14.0 Å². The number of nitrogens with one attached hydrogen (secondary N) is 1. The number of hydrogen-bond donors (Lipinski definition) is 2. The zero-order chi connectivity index (χ0) is 18.8. The number of ether oxygens (including phenoxy) is 1. The lowest BCUT2D eigenvalue weighted by molar-refractivity contribution is -0.117. The van der Waals surface area contributed by atoms with Gasteiger partial charge in [-0.3, -0.25) is 9.69 Å². The highest BCUT2D eigenvalue weighted by Crippen LogP contribution is 2.30. The van der Waals surface area contributed by atoms with Crippen LogP contribution in [0, 0.1) is 0 Å². The van der Waals surface area contributed by atoms with E-state index in [4.69, 9.17) is 4.74 Å². The molecular formula is C21H22N4O3. The fraction of sp³-hybridized carbons (Fsp3) is 0.190. The van der Waals surface area contributed by atoms with Gasteiger partial charge in [0, 0.05) is 5.56 Å². The molecule has 0 spiro atoms. The molecule has 0 unspecified atom stereocenters. The maximum Gasteiger partial charge on any atom is 0.247 e. The van der Waals surface area contributed by atoms with Crippen molar-refractivity contribution in [1.82, 2.24) is 9.97 Å². The number of amides is 1. The van der Waals surface area contributed by atoms with Gasteiger partial charge in [0.2, 0.25) is 5.91 Å². The van der Waals surface area contributed by atoms with Gasteiger partial charge < -0.3 is 15.2 Å². The van der Waals surface area contributed by atoms with Gasteiger partial charge in [-0.1, -0.05) is 19.6 Å². The minimum Gasteiger partial charge on any atom is -0.508 e. The summed E-state index contributed by atoms with van der Waals surface area (Å²) in [6.07, 6.45) is 1.65. The quantitative estimate of drug-likeness (QED) is 0.723. The molecule has 0 aliphatic carbocycles. The topological polar surface area (TPSA) is 87.6 Å². The van der Waals surface area contributed by atoms with E-state index < -0.39 is 0 Å². The van der Waals surface area contributed by atoms with Crippen molar-refractivity contribution in [2.75, 3.05) is 23.9 Å². The highest BCUT2D eigenvalue weighted by molar-refractivity contribution is 6.00. The minimum atomic E-state index is -0.0810. The fourth-order valence-corrected chi connectivity index (χ4v) is 2.95. The van der Waals surface area contributed by atoms with Crippen LogP contribution in [0.5, 0.6) is 11.5 Å². The Morgan fingerprint density at radius 2 is 2.00 bits per heavy atom. The standard InChI is InChI=1S/C20H18N4O3.CH4/c1-27-16-4-2-3-13(9-16)12-24-18(26)11-22-19-20(24)23-17(10-21-19)14-5-7-15(25)8-6-14;/h2-10,25H,11-12H2,1H3,(H,21,22);1H4. The lowest BCUT2D eigenvalue weighted by Gasteiger charge is -2.28. The van der Waals surface area contributed by atoms with Crippen molar-refractivity contribution >= 4 is 17.5 Å². The number of aromatic nitrogens is 2. The molecule has 0 atom stereocenters. The molecule has 1 aliphatic rings. The van der Waals surface area contributed by atoms with Crippen molar-refractivity contribution in [3.8, 4) is 22.8 Å². The summed E-state index contributed by atoms with van der Waals surface area (Å²) in [5.74, 6) is 1.89. The van der Waals surface area contributed by atoms with E-state index in [-0.39, 0.29) is 25.6 Å². The van der Waals surface area contributed by atoms with Crippen molar-refractivity contribution in [3.05, 3.63) is 60.3 Å². The summed E-state index contributed by atoms with van der Waals surface area (Å²) in [5, 5.41) is 12.5. The Hall–Kier alpha value is -3.61. The molecule has 1 amide bonds. The van der Waals surface area contributed by atoms with Gasteiger partial charge in [0.25, 0.3) is 0 Å². The molecule has 2 N–H and O–H groups in total. The van der Waals surface area contributed by atoms with E-state index in [1.807, 2.05) is 24.3 Å².